The second kappa shape index (κ2) is 5.13. The molecule has 0 bridgehead atoms. The molecule has 1 unspecified atom stereocenters. The normalized spacial score (nSPS) is 12.5. The molecular formula is C11H13ClO2. The second-order valence-corrected chi connectivity index (χ2v) is 3.63. The number of aliphatic hydroxyl groups is 1. The highest BCUT2D eigenvalue weighted by Gasteiger charge is 2.10. The molecule has 0 saturated carbocycles. The van der Waals surface area contributed by atoms with Gasteiger partial charge in [-0.25, -0.2) is 0 Å². The van der Waals surface area contributed by atoms with Gasteiger partial charge in [-0.15, -0.1) is 0 Å². The van der Waals surface area contributed by atoms with Crippen LogP contribution in [0.25, 0.3) is 0 Å². The molecule has 1 atom stereocenters. The van der Waals surface area contributed by atoms with E-state index in [0.717, 1.165) is 0 Å². The van der Waals surface area contributed by atoms with E-state index in [1.807, 2.05) is 6.92 Å². The van der Waals surface area contributed by atoms with Gasteiger partial charge in [0.1, 0.15) is 0 Å². The first-order chi connectivity index (χ1) is 6.63. The third-order valence-corrected chi connectivity index (χ3v) is 2.31. The number of carbonyl (C=O) groups is 1. The summed E-state index contributed by atoms with van der Waals surface area (Å²) in [5, 5.41) is 9.91. The zero-order valence-corrected chi connectivity index (χ0v) is 8.79. The van der Waals surface area contributed by atoms with Crippen molar-refractivity contribution in [3.05, 3.63) is 34.9 Å². The number of aliphatic hydroxyl groups excluding tert-OH is 1. The summed E-state index contributed by atoms with van der Waals surface area (Å²) >= 11 is 5.69. The summed E-state index contributed by atoms with van der Waals surface area (Å²) in [6.45, 7) is 1.85. The quantitative estimate of drug-likeness (QED) is 0.780. The number of hydrogen-bond acceptors (Lipinski definition) is 2. The lowest BCUT2D eigenvalue weighted by Gasteiger charge is -2.06. The molecule has 1 aromatic carbocycles. The molecule has 0 saturated heterocycles. The standard InChI is InChI=1S/C11H13ClO2/c1-2-10(13)7-11(14)8-3-5-9(12)6-4-8/h3-6,10,13H,2,7H2,1H3. The van der Waals surface area contributed by atoms with Crippen molar-refractivity contribution in [2.45, 2.75) is 25.9 Å². The van der Waals surface area contributed by atoms with E-state index < -0.39 is 6.10 Å². The number of rotatable bonds is 4. The molecule has 0 radical (unpaired) electrons. The first-order valence-electron chi connectivity index (χ1n) is 4.60. The summed E-state index contributed by atoms with van der Waals surface area (Å²) in [7, 11) is 0. The lowest BCUT2D eigenvalue weighted by Crippen LogP contribution is -2.12. The van der Waals surface area contributed by atoms with Crippen molar-refractivity contribution in [3.8, 4) is 0 Å². The molecule has 0 fully saturated rings. The molecule has 0 amide bonds. The molecule has 3 heteroatoms. The lowest BCUT2D eigenvalue weighted by atomic mass is 10.0. The predicted octanol–water partition coefficient (Wildman–Crippen LogP) is 2.68. The second-order valence-electron chi connectivity index (χ2n) is 3.20. The van der Waals surface area contributed by atoms with Crippen LogP contribution in [0.15, 0.2) is 24.3 Å². The van der Waals surface area contributed by atoms with Crippen molar-refractivity contribution >= 4 is 17.4 Å². The van der Waals surface area contributed by atoms with E-state index in [9.17, 15) is 9.90 Å². The van der Waals surface area contributed by atoms with Crippen LogP contribution in [0.4, 0.5) is 0 Å². The average molecular weight is 213 g/mol. The Kier molecular flexibility index (Phi) is 4.11. The van der Waals surface area contributed by atoms with Crippen molar-refractivity contribution in [3.63, 3.8) is 0 Å². The highest BCUT2D eigenvalue weighted by Crippen LogP contribution is 2.12. The first-order valence-corrected chi connectivity index (χ1v) is 4.98. The van der Waals surface area contributed by atoms with E-state index in [1.165, 1.54) is 0 Å². The Bertz CT molecular complexity index is 306. The number of halogens is 1. The largest absolute Gasteiger partial charge is 0.393 e. The fourth-order valence-corrected chi connectivity index (χ4v) is 1.24. The van der Waals surface area contributed by atoms with Gasteiger partial charge in [0.25, 0.3) is 0 Å². The molecule has 1 rings (SSSR count). The van der Waals surface area contributed by atoms with E-state index in [2.05, 4.69) is 0 Å². The van der Waals surface area contributed by atoms with E-state index in [-0.39, 0.29) is 12.2 Å². The van der Waals surface area contributed by atoms with Gasteiger partial charge < -0.3 is 5.11 Å². The zero-order chi connectivity index (χ0) is 10.6. The van der Waals surface area contributed by atoms with Gasteiger partial charge in [0.2, 0.25) is 0 Å². The van der Waals surface area contributed by atoms with Gasteiger partial charge in [-0.05, 0) is 30.7 Å². The van der Waals surface area contributed by atoms with E-state index in [0.29, 0.717) is 17.0 Å². The molecule has 0 heterocycles. The molecule has 76 valence electrons. The Morgan fingerprint density at radius 3 is 2.50 bits per heavy atom. The maximum absolute atomic E-state index is 11.5. The molecule has 2 nitrogen and oxygen atoms in total. The Labute approximate surface area is 88.5 Å². The lowest BCUT2D eigenvalue weighted by molar-refractivity contribution is 0.0875. The van der Waals surface area contributed by atoms with Crippen molar-refractivity contribution in [2.24, 2.45) is 0 Å². The van der Waals surface area contributed by atoms with Gasteiger partial charge >= 0.3 is 0 Å². The highest BCUT2D eigenvalue weighted by atomic mass is 35.5. The van der Waals surface area contributed by atoms with Crippen LogP contribution >= 0.6 is 11.6 Å². The minimum Gasteiger partial charge on any atom is -0.393 e. The van der Waals surface area contributed by atoms with Crippen molar-refractivity contribution in [2.75, 3.05) is 0 Å². The number of ketones is 1. The van der Waals surface area contributed by atoms with Crippen LogP contribution in [0.2, 0.25) is 5.02 Å². The van der Waals surface area contributed by atoms with Gasteiger partial charge in [0, 0.05) is 17.0 Å². The monoisotopic (exact) mass is 212 g/mol. The number of carbonyl (C=O) groups excluding carboxylic acids is 1. The van der Waals surface area contributed by atoms with Gasteiger partial charge in [-0.1, -0.05) is 18.5 Å². The molecule has 1 N–H and O–H groups in total. The molecule has 0 aliphatic carbocycles. The number of Topliss-reactive ketones (excluding diaryl/α,β-unsaturated/α-hetero) is 1. The van der Waals surface area contributed by atoms with Crippen molar-refractivity contribution < 1.29 is 9.90 Å². The molecule has 0 aliphatic heterocycles. The van der Waals surface area contributed by atoms with Crippen LogP contribution in [0.5, 0.6) is 0 Å². The number of hydrogen-bond donors (Lipinski definition) is 1. The van der Waals surface area contributed by atoms with Crippen molar-refractivity contribution in [1.82, 2.24) is 0 Å². The fourth-order valence-electron chi connectivity index (χ4n) is 1.11. The molecule has 14 heavy (non-hydrogen) atoms. The highest BCUT2D eigenvalue weighted by molar-refractivity contribution is 6.30. The smallest absolute Gasteiger partial charge is 0.165 e. The SMILES string of the molecule is CCC(O)CC(=O)c1ccc(Cl)cc1. The maximum atomic E-state index is 11.5. The first kappa shape index (κ1) is 11.2. The summed E-state index contributed by atoms with van der Waals surface area (Å²) in [5.74, 6) is -0.0454. The summed E-state index contributed by atoms with van der Waals surface area (Å²) in [5.41, 5.74) is 0.599. The summed E-state index contributed by atoms with van der Waals surface area (Å²) < 4.78 is 0. The van der Waals surface area contributed by atoms with Crippen LogP contribution in [-0.2, 0) is 0 Å². The molecule has 0 aliphatic rings. The minimum atomic E-state index is -0.543. The van der Waals surface area contributed by atoms with E-state index >= 15 is 0 Å². The fraction of sp³-hybridized carbons (Fsp3) is 0.364. The molecular weight excluding hydrogens is 200 g/mol. The van der Waals surface area contributed by atoms with Gasteiger partial charge in [0.15, 0.2) is 5.78 Å². The number of benzene rings is 1. The van der Waals surface area contributed by atoms with Crippen LogP contribution in [0, 0.1) is 0 Å². The average Bonchev–Trinajstić information content (AvgIpc) is 2.18. The molecule has 0 spiro atoms. The minimum absolute atomic E-state index is 0.0454. The summed E-state index contributed by atoms with van der Waals surface area (Å²) in [6, 6.07) is 6.69. The van der Waals surface area contributed by atoms with E-state index in [1.54, 1.807) is 24.3 Å². The predicted molar refractivity (Wildman–Crippen MR) is 56.7 cm³/mol. The van der Waals surface area contributed by atoms with Crippen LogP contribution in [-0.4, -0.2) is 17.0 Å². The van der Waals surface area contributed by atoms with Gasteiger partial charge in [-0.3, -0.25) is 4.79 Å². The van der Waals surface area contributed by atoms with Gasteiger partial charge in [-0.2, -0.15) is 0 Å². The Morgan fingerprint density at radius 2 is 2.00 bits per heavy atom. The van der Waals surface area contributed by atoms with Crippen LogP contribution < -0.4 is 0 Å². The van der Waals surface area contributed by atoms with E-state index in [4.69, 9.17) is 11.6 Å². The maximum Gasteiger partial charge on any atom is 0.165 e. The topological polar surface area (TPSA) is 37.3 Å². The summed E-state index contributed by atoms with van der Waals surface area (Å²) in [6.07, 6.45) is 0.232. The Hall–Kier alpha value is -0.860. The van der Waals surface area contributed by atoms with Crippen molar-refractivity contribution in [1.29, 1.82) is 0 Å². The Balaban J connectivity index is 2.65. The van der Waals surface area contributed by atoms with Gasteiger partial charge in [0.05, 0.1) is 6.10 Å². The third-order valence-electron chi connectivity index (χ3n) is 2.06. The summed E-state index contributed by atoms with van der Waals surface area (Å²) in [4.78, 5) is 11.5. The zero-order valence-electron chi connectivity index (χ0n) is 8.03. The molecule has 1 aromatic rings. The molecule has 0 aromatic heterocycles. The third kappa shape index (κ3) is 3.13. The van der Waals surface area contributed by atoms with Crippen LogP contribution in [0.3, 0.4) is 0 Å². The Morgan fingerprint density at radius 1 is 1.43 bits per heavy atom. The van der Waals surface area contributed by atoms with Crippen LogP contribution in [0.1, 0.15) is 30.1 Å².